The van der Waals surface area contributed by atoms with Gasteiger partial charge in [0.2, 0.25) is 0 Å². The number of hydrogen-bond acceptors (Lipinski definition) is 5. The van der Waals surface area contributed by atoms with E-state index in [0.717, 1.165) is 88.7 Å². The van der Waals surface area contributed by atoms with E-state index in [1.807, 2.05) is 30.3 Å². The summed E-state index contributed by atoms with van der Waals surface area (Å²) in [6, 6.07) is 23.6. The highest BCUT2D eigenvalue weighted by atomic mass is 16.4. The Morgan fingerprint density at radius 1 is 0.780 bits per heavy atom. The fraction of sp³-hybridized carbons (Fsp3) is 0.235. The van der Waals surface area contributed by atoms with E-state index in [1.165, 1.54) is 5.69 Å². The average molecular weight is 544 g/mol. The van der Waals surface area contributed by atoms with E-state index in [2.05, 4.69) is 58.6 Å². The summed E-state index contributed by atoms with van der Waals surface area (Å²) < 4.78 is 2.12. The van der Waals surface area contributed by atoms with Gasteiger partial charge in [-0.3, -0.25) is 14.5 Å². The van der Waals surface area contributed by atoms with Crippen LogP contribution in [0.1, 0.15) is 49.9 Å². The molecule has 6 aromatic rings. The van der Waals surface area contributed by atoms with Crippen LogP contribution >= 0.6 is 0 Å². The maximum Gasteiger partial charge on any atom is 0.335 e. The zero-order valence-electron chi connectivity index (χ0n) is 23.4. The van der Waals surface area contributed by atoms with Crippen LogP contribution in [0.2, 0.25) is 0 Å². The van der Waals surface area contributed by atoms with Crippen molar-refractivity contribution in [1.82, 2.24) is 19.5 Å². The summed E-state index contributed by atoms with van der Waals surface area (Å²) in [4.78, 5) is 28.7. The molecule has 0 aliphatic carbocycles. The van der Waals surface area contributed by atoms with Crippen molar-refractivity contribution >= 4 is 44.5 Å². The number of hydrogen-bond donors (Lipinski definition) is 1. The van der Waals surface area contributed by atoms with Crippen LogP contribution in [0.3, 0.4) is 0 Å². The lowest BCUT2D eigenvalue weighted by Gasteiger charge is -2.25. The molecule has 7 nitrogen and oxygen atoms in total. The summed E-state index contributed by atoms with van der Waals surface area (Å²) in [5, 5.41) is 11.4. The average Bonchev–Trinajstić information content (AvgIpc) is 3.43. The number of benzene rings is 3. The van der Waals surface area contributed by atoms with Crippen LogP contribution in [0.25, 0.3) is 49.9 Å². The lowest BCUT2D eigenvalue weighted by Crippen LogP contribution is -2.25. The third-order valence-corrected chi connectivity index (χ3v) is 7.65. The molecule has 0 bridgehead atoms. The molecule has 0 saturated carbocycles. The Hall–Kier alpha value is -4.78. The molecular formula is C34H33N5O2. The lowest BCUT2D eigenvalue weighted by molar-refractivity contribution is 0.0697. The Balaban J connectivity index is 1.59. The molecule has 0 aliphatic rings. The van der Waals surface area contributed by atoms with Gasteiger partial charge in [-0.2, -0.15) is 0 Å². The summed E-state index contributed by atoms with van der Waals surface area (Å²) >= 11 is 0. The molecule has 3 heterocycles. The van der Waals surface area contributed by atoms with Gasteiger partial charge in [0, 0.05) is 53.2 Å². The van der Waals surface area contributed by atoms with E-state index in [9.17, 15) is 9.90 Å². The van der Waals surface area contributed by atoms with Gasteiger partial charge < -0.3 is 10.0 Å². The molecule has 0 aliphatic heterocycles. The Morgan fingerprint density at radius 3 is 2.00 bits per heavy atom. The van der Waals surface area contributed by atoms with Crippen molar-refractivity contribution < 1.29 is 9.90 Å². The Bertz CT molecular complexity index is 1830. The van der Waals surface area contributed by atoms with Gasteiger partial charge in [0.05, 0.1) is 27.6 Å². The van der Waals surface area contributed by atoms with Crippen LogP contribution in [0, 0.1) is 0 Å². The minimum atomic E-state index is -0.953. The van der Waals surface area contributed by atoms with Gasteiger partial charge in [0.25, 0.3) is 0 Å². The number of nitrogens with zero attached hydrogens (tertiary/aromatic N) is 5. The molecule has 0 unspecified atom stereocenters. The van der Waals surface area contributed by atoms with Crippen molar-refractivity contribution in [1.29, 1.82) is 0 Å². The van der Waals surface area contributed by atoms with E-state index < -0.39 is 5.97 Å². The van der Waals surface area contributed by atoms with E-state index in [-0.39, 0.29) is 5.56 Å². The molecule has 6 rings (SSSR count). The number of carboxylic acid groups (broad SMARTS) is 1. The van der Waals surface area contributed by atoms with Gasteiger partial charge in [-0.05, 0) is 85.6 Å². The molecule has 3 aromatic heterocycles. The van der Waals surface area contributed by atoms with Crippen molar-refractivity contribution in [3.8, 4) is 17.1 Å². The fourth-order valence-electron chi connectivity index (χ4n) is 5.51. The maximum absolute atomic E-state index is 11.6. The molecule has 1 N–H and O–H groups in total. The molecule has 41 heavy (non-hydrogen) atoms. The van der Waals surface area contributed by atoms with Gasteiger partial charge in [-0.25, -0.2) is 9.78 Å². The largest absolute Gasteiger partial charge is 0.478 e. The highest BCUT2D eigenvalue weighted by Crippen LogP contribution is 2.38. The van der Waals surface area contributed by atoms with Crippen LogP contribution in [-0.2, 0) is 0 Å². The lowest BCUT2D eigenvalue weighted by atomic mass is 10.1. The van der Waals surface area contributed by atoms with E-state index in [1.54, 1.807) is 24.5 Å². The van der Waals surface area contributed by atoms with Crippen LogP contribution in [0.5, 0.6) is 0 Å². The number of unbranched alkanes of at least 4 members (excludes halogenated alkanes) is 2. The number of fused-ring (bicyclic) bond motifs is 6. The predicted molar refractivity (Wildman–Crippen MR) is 166 cm³/mol. The summed E-state index contributed by atoms with van der Waals surface area (Å²) in [5.41, 5.74) is 6.64. The van der Waals surface area contributed by atoms with Gasteiger partial charge in [-0.1, -0.05) is 26.7 Å². The highest BCUT2D eigenvalue weighted by molar-refractivity contribution is 6.21. The van der Waals surface area contributed by atoms with Gasteiger partial charge in [0.1, 0.15) is 5.82 Å². The molecule has 0 saturated heterocycles. The van der Waals surface area contributed by atoms with Crippen molar-refractivity contribution in [2.24, 2.45) is 0 Å². The third kappa shape index (κ3) is 4.88. The third-order valence-electron chi connectivity index (χ3n) is 7.65. The maximum atomic E-state index is 11.6. The van der Waals surface area contributed by atoms with Crippen LogP contribution in [0.4, 0.5) is 5.69 Å². The molecular weight excluding hydrogens is 510 g/mol. The number of pyridine rings is 2. The van der Waals surface area contributed by atoms with Crippen molar-refractivity contribution in [3.63, 3.8) is 0 Å². The van der Waals surface area contributed by atoms with E-state index in [4.69, 9.17) is 9.97 Å². The number of aromatic nitrogens is 4. The zero-order valence-corrected chi connectivity index (χ0v) is 23.4. The fourth-order valence-corrected chi connectivity index (χ4v) is 5.51. The van der Waals surface area contributed by atoms with Crippen molar-refractivity contribution in [2.75, 3.05) is 18.0 Å². The van der Waals surface area contributed by atoms with Gasteiger partial charge >= 0.3 is 5.97 Å². The molecule has 0 fully saturated rings. The first-order valence-electron chi connectivity index (χ1n) is 14.3. The zero-order chi connectivity index (χ0) is 28.3. The van der Waals surface area contributed by atoms with E-state index in [0.29, 0.717) is 0 Å². The summed E-state index contributed by atoms with van der Waals surface area (Å²) in [7, 11) is 0. The molecule has 3 aromatic carbocycles. The normalized spacial score (nSPS) is 11.5. The van der Waals surface area contributed by atoms with Crippen LogP contribution < -0.4 is 4.90 Å². The number of carbonyl (C=O) groups is 1. The quantitative estimate of drug-likeness (QED) is 0.177. The predicted octanol–water partition coefficient (Wildman–Crippen LogP) is 7.89. The summed E-state index contributed by atoms with van der Waals surface area (Å²) in [6.45, 7) is 6.55. The smallest absolute Gasteiger partial charge is 0.335 e. The molecule has 0 spiro atoms. The number of aromatic carboxylic acids is 1. The number of rotatable bonds is 10. The standard InChI is InChI=1S/C34H33N5O2/c1-3-5-21-38(22-6-4-2)25-15-11-23(12-16-25)33-37-31-27-9-7-19-35-29(27)30-28(10-8-20-36-30)32(31)39(33)26-17-13-24(14-18-26)34(40)41/h7-20H,3-6,21-22H2,1-2H3,(H,40,41). The molecule has 7 heteroatoms. The first-order valence-corrected chi connectivity index (χ1v) is 14.3. The minimum absolute atomic E-state index is 0.240. The number of carboxylic acids is 1. The summed E-state index contributed by atoms with van der Waals surface area (Å²) in [5.74, 6) is -0.171. The van der Waals surface area contributed by atoms with Gasteiger partial charge in [-0.15, -0.1) is 0 Å². The molecule has 0 amide bonds. The number of imidazole rings is 1. The Kier molecular flexibility index (Phi) is 7.33. The monoisotopic (exact) mass is 543 g/mol. The van der Waals surface area contributed by atoms with Gasteiger partial charge in [0.15, 0.2) is 0 Å². The first-order chi connectivity index (χ1) is 20.1. The molecule has 0 atom stereocenters. The van der Waals surface area contributed by atoms with Crippen molar-refractivity contribution in [2.45, 2.75) is 39.5 Å². The number of anilines is 1. The van der Waals surface area contributed by atoms with E-state index >= 15 is 0 Å². The first kappa shape index (κ1) is 26.4. The molecule has 206 valence electrons. The minimum Gasteiger partial charge on any atom is -0.478 e. The van der Waals surface area contributed by atoms with Crippen LogP contribution in [-0.4, -0.2) is 43.7 Å². The second-order valence-electron chi connectivity index (χ2n) is 10.4. The Morgan fingerprint density at radius 2 is 1.39 bits per heavy atom. The highest BCUT2D eigenvalue weighted by Gasteiger charge is 2.21. The second kappa shape index (κ2) is 11.4. The topological polar surface area (TPSA) is 84.1 Å². The van der Waals surface area contributed by atoms with Crippen molar-refractivity contribution in [3.05, 3.63) is 90.8 Å². The summed E-state index contributed by atoms with van der Waals surface area (Å²) in [6.07, 6.45) is 8.22. The van der Waals surface area contributed by atoms with Crippen LogP contribution in [0.15, 0.2) is 85.2 Å². The molecule has 0 radical (unpaired) electrons. The SMILES string of the molecule is CCCCN(CCCC)c1ccc(-c2nc3c4cccnc4c4ncccc4c3n2-c2ccc(C(=O)O)cc2)cc1. The Labute approximate surface area is 239 Å². The second-order valence-corrected chi connectivity index (χ2v) is 10.4.